The molecule has 6 nitrogen and oxygen atoms in total. The van der Waals surface area contributed by atoms with Crippen molar-refractivity contribution in [3.05, 3.63) is 59.7 Å². The van der Waals surface area contributed by atoms with Crippen molar-refractivity contribution in [1.29, 1.82) is 0 Å². The first-order valence-corrected chi connectivity index (χ1v) is 9.38. The van der Waals surface area contributed by atoms with E-state index in [1.165, 1.54) is 0 Å². The summed E-state index contributed by atoms with van der Waals surface area (Å²) in [7, 11) is 1.63. The Morgan fingerprint density at radius 3 is 2.43 bits per heavy atom. The molecule has 0 saturated carbocycles. The minimum atomic E-state index is -0.399. The molecule has 0 heterocycles. The number of hydrogen-bond donors (Lipinski definition) is 2. The third kappa shape index (κ3) is 7.98. The van der Waals surface area contributed by atoms with E-state index >= 15 is 0 Å². The average molecular weight is 386 g/mol. The van der Waals surface area contributed by atoms with Gasteiger partial charge in [-0.15, -0.1) is 0 Å². The highest BCUT2D eigenvalue weighted by Gasteiger charge is 2.12. The molecule has 2 aromatic carbocycles. The molecule has 0 atom stereocenters. The minimum absolute atomic E-state index is 0.148. The van der Waals surface area contributed by atoms with Crippen LogP contribution in [0.4, 0.5) is 0 Å². The molecule has 0 aliphatic carbocycles. The van der Waals surface area contributed by atoms with Gasteiger partial charge in [-0.2, -0.15) is 0 Å². The minimum Gasteiger partial charge on any atom is -0.493 e. The normalized spacial score (nSPS) is 11.1. The van der Waals surface area contributed by atoms with Crippen LogP contribution in [0.1, 0.15) is 38.3 Å². The second-order valence-electron chi connectivity index (χ2n) is 7.43. The van der Waals surface area contributed by atoms with Crippen LogP contribution in [0.5, 0.6) is 11.5 Å². The predicted molar refractivity (Wildman–Crippen MR) is 109 cm³/mol. The lowest BCUT2D eigenvalue weighted by atomic mass is 10.2. The van der Waals surface area contributed by atoms with Crippen LogP contribution in [0.15, 0.2) is 48.5 Å². The standard InChI is InChI=1S/C22H30N2O4/c1-22(2,3)28-24-21(25)12-13-23-15-18-10-11-19(20(14-18)26-4)27-16-17-8-6-5-7-9-17/h5-11,14,23H,12-13,15-16H2,1-4H3,(H,24,25). The monoisotopic (exact) mass is 386 g/mol. The molecule has 2 N–H and O–H groups in total. The van der Waals surface area contributed by atoms with Gasteiger partial charge in [0.25, 0.3) is 0 Å². The molecule has 1 amide bonds. The number of carbonyl (C=O) groups is 1. The van der Waals surface area contributed by atoms with Crippen molar-refractivity contribution >= 4 is 5.91 Å². The van der Waals surface area contributed by atoms with Crippen molar-refractivity contribution < 1.29 is 19.1 Å². The first-order chi connectivity index (χ1) is 13.4. The smallest absolute Gasteiger partial charge is 0.244 e. The third-order valence-corrected chi connectivity index (χ3v) is 3.79. The Morgan fingerprint density at radius 1 is 1.00 bits per heavy atom. The number of benzene rings is 2. The number of amides is 1. The second kappa shape index (κ2) is 10.7. The first kappa shape index (κ1) is 21.7. The van der Waals surface area contributed by atoms with E-state index in [2.05, 4.69) is 10.8 Å². The van der Waals surface area contributed by atoms with Crippen LogP contribution in [-0.2, 0) is 22.8 Å². The van der Waals surface area contributed by atoms with Crippen LogP contribution in [-0.4, -0.2) is 25.2 Å². The highest BCUT2D eigenvalue weighted by atomic mass is 16.7. The molecule has 0 aromatic heterocycles. The number of hydrogen-bond acceptors (Lipinski definition) is 5. The number of hydroxylamine groups is 1. The fraction of sp³-hybridized carbons (Fsp3) is 0.409. The van der Waals surface area contributed by atoms with Crippen molar-refractivity contribution in [1.82, 2.24) is 10.8 Å². The lowest BCUT2D eigenvalue weighted by Gasteiger charge is -2.18. The zero-order valence-corrected chi connectivity index (χ0v) is 17.1. The summed E-state index contributed by atoms with van der Waals surface area (Å²) in [4.78, 5) is 17.0. The highest BCUT2D eigenvalue weighted by molar-refractivity contribution is 5.74. The molecule has 0 aliphatic rings. The van der Waals surface area contributed by atoms with Crippen molar-refractivity contribution in [2.75, 3.05) is 13.7 Å². The van der Waals surface area contributed by atoms with Gasteiger partial charge in [0.1, 0.15) is 6.61 Å². The van der Waals surface area contributed by atoms with Crippen LogP contribution in [0.2, 0.25) is 0 Å². The fourth-order valence-corrected chi connectivity index (χ4v) is 2.37. The number of methoxy groups -OCH3 is 1. The van der Waals surface area contributed by atoms with Gasteiger partial charge in [-0.25, -0.2) is 5.48 Å². The second-order valence-corrected chi connectivity index (χ2v) is 7.43. The Hall–Kier alpha value is -2.57. The van der Waals surface area contributed by atoms with Gasteiger partial charge in [0.2, 0.25) is 5.91 Å². The largest absolute Gasteiger partial charge is 0.493 e. The van der Waals surface area contributed by atoms with Gasteiger partial charge in [0.05, 0.1) is 12.7 Å². The molecular weight excluding hydrogens is 356 g/mol. The van der Waals surface area contributed by atoms with Gasteiger partial charge < -0.3 is 14.8 Å². The van der Waals surface area contributed by atoms with Crippen LogP contribution in [0, 0.1) is 0 Å². The molecule has 28 heavy (non-hydrogen) atoms. The molecule has 0 bridgehead atoms. The Labute approximate surface area is 167 Å². The topological polar surface area (TPSA) is 68.8 Å². The maximum Gasteiger partial charge on any atom is 0.244 e. The van der Waals surface area contributed by atoms with E-state index in [9.17, 15) is 4.79 Å². The lowest BCUT2D eigenvalue weighted by Crippen LogP contribution is -2.34. The van der Waals surface area contributed by atoms with E-state index in [0.29, 0.717) is 37.6 Å². The van der Waals surface area contributed by atoms with E-state index in [-0.39, 0.29) is 5.91 Å². The summed E-state index contributed by atoms with van der Waals surface area (Å²) in [6.07, 6.45) is 0.339. The number of rotatable bonds is 10. The predicted octanol–water partition coefficient (Wildman–Crippen LogP) is 3.60. The third-order valence-electron chi connectivity index (χ3n) is 3.79. The maximum absolute atomic E-state index is 11.7. The molecule has 0 spiro atoms. The average Bonchev–Trinajstić information content (AvgIpc) is 2.68. The van der Waals surface area contributed by atoms with E-state index in [1.54, 1.807) is 7.11 Å². The number of nitrogens with one attached hydrogen (secondary N) is 2. The maximum atomic E-state index is 11.7. The van der Waals surface area contributed by atoms with Gasteiger partial charge in [-0.05, 0) is 44.0 Å². The van der Waals surface area contributed by atoms with Crippen molar-refractivity contribution in [2.45, 2.75) is 45.9 Å². The molecule has 152 valence electrons. The molecule has 6 heteroatoms. The van der Waals surface area contributed by atoms with Crippen LogP contribution >= 0.6 is 0 Å². The van der Waals surface area contributed by atoms with Crippen LogP contribution in [0.25, 0.3) is 0 Å². The van der Waals surface area contributed by atoms with E-state index in [0.717, 1.165) is 11.1 Å². The summed E-state index contributed by atoms with van der Waals surface area (Å²) >= 11 is 0. The van der Waals surface area contributed by atoms with Gasteiger partial charge in [-0.3, -0.25) is 9.63 Å². The molecular formula is C22H30N2O4. The molecule has 0 aliphatic heterocycles. The van der Waals surface area contributed by atoms with Crippen molar-refractivity contribution in [3.63, 3.8) is 0 Å². The summed E-state index contributed by atoms with van der Waals surface area (Å²) < 4.78 is 11.3. The summed E-state index contributed by atoms with van der Waals surface area (Å²) in [5.41, 5.74) is 4.21. The van der Waals surface area contributed by atoms with Crippen LogP contribution < -0.4 is 20.3 Å². The van der Waals surface area contributed by atoms with Crippen molar-refractivity contribution in [3.8, 4) is 11.5 Å². The summed E-state index contributed by atoms with van der Waals surface area (Å²) in [6.45, 7) is 7.31. The van der Waals surface area contributed by atoms with Gasteiger partial charge in [0.15, 0.2) is 11.5 Å². The fourth-order valence-electron chi connectivity index (χ4n) is 2.37. The quantitative estimate of drug-likeness (QED) is 0.482. The van der Waals surface area contributed by atoms with Gasteiger partial charge in [-0.1, -0.05) is 36.4 Å². The number of ether oxygens (including phenoxy) is 2. The first-order valence-electron chi connectivity index (χ1n) is 9.38. The molecule has 0 radical (unpaired) electrons. The van der Waals surface area contributed by atoms with Crippen molar-refractivity contribution in [2.24, 2.45) is 0 Å². The van der Waals surface area contributed by atoms with E-state index in [4.69, 9.17) is 14.3 Å². The molecule has 0 unspecified atom stereocenters. The zero-order valence-electron chi connectivity index (χ0n) is 17.1. The SMILES string of the molecule is COc1cc(CNCCC(=O)NOC(C)(C)C)ccc1OCc1ccccc1. The molecule has 2 rings (SSSR count). The molecule has 2 aromatic rings. The van der Waals surface area contributed by atoms with Gasteiger partial charge >= 0.3 is 0 Å². The summed E-state index contributed by atoms with van der Waals surface area (Å²) in [5, 5.41) is 3.25. The molecule has 0 fully saturated rings. The van der Waals surface area contributed by atoms with Crippen LogP contribution in [0.3, 0.4) is 0 Å². The summed E-state index contributed by atoms with van der Waals surface area (Å²) in [5.74, 6) is 1.24. The summed E-state index contributed by atoms with van der Waals surface area (Å²) in [6, 6.07) is 15.8. The number of carbonyl (C=O) groups excluding carboxylic acids is 1. The molecule has 0 saturated heterocycles. The Balaban J connectivity index is 1.77. The highest BCUT2D eigenvalue weighted by Crippen LogP contribution is 2.28. The lowest BCUT2D eigenvalue weighted by molar-refractivity contribution is -0.145. The van der Waals surface area contributed by atoms with E-state index < -0.39 is 5.60 Å². The Bertz CT molecular complexity index is 742. The zero-order chi connectivity index (χ0) is 20.4. The Morgan fingerprint density at radius 2 is 1.75 bits per heavy atom. The van der Waals surface area contributed by atoms with E-state index in [1.807, 2.05) is 69.3 Å². The van der Waals surface area contributed by atoms with Gasteiger partial charge in [0, 0.05) is 19.5 Å². The Kier molecular flexibility index (Phi) is 8.29.